The van der Waals surface area contributed by atoms with E-state index in [-0.39, 0.29) is 29.6 Å². The zero-order valence-electron chi connectivity index (χ0n) is 12.5. The van der Waals surface area contributed by atoms with Crippen molar-refractivity contribution in [3.05, 3.63) is 34.9 Å². The topological polar surface area (TPSA) is 45.7 Å². The first kappa shape index (κ1) is 18.5. The standard InChI is InChI=1S/C15H22ClN3O.HI/c1-15(8-3-9-20-15)11-19-14(17-2)18-10-12-4-6-13(16)7-5-12;/h4-7H,3,8-11H2,1-2H3,(H2,17,18,19);1H. The average Bonchev–Trinajstić information content (AvgIpc) is 2.88. The number of nitrogens with one attached hydrogen (secondary N) is 2. The maximum absolute atomic E-state index is 5.87. The molecule has 1 atom stereocenters. The summed E-state index contributed by atoms with van der Waals surface area (Å²) in [7, 11) is 1.77. The number of ether oxygens (including phenoxy) is 1. The molecule has 118 valence electrons. The van der Waals surface area contributed by atoms with Crippen LogP contribution in [0.5, 0.6) is 0 Å². The number of rotatable bonds is 4. The molecular weight excluding hydrogens is 401 g/mol. The Morgan fingerprint density at radius 2 is 2.05 bits per heavy atom. The molecule has 1 heterocycles. The summed E-state index contributed by atoms with van der Waals surface area (Å²) in [5, 5.41) is 7.36. The van der Waals surface area contributed by atoms with Crippen LogP contribution in [0.25, 0.3) is 0 Å². The molecule has 2 N–H and O–H groups in total. The summed E-state index contributed by atoms with van der Waals surface area (Å²) < 4.78 is 5.75. The summed E-state index contributed by atoms with van der Waals surface area (Å²) in [6.07, 6.45) is 2.23. The summed E-state index contributed by atoms with van der Waals surface area (Å²) in [5.74, 6) is 0.789. The van der Waals surface area contributed by atoms with Crippen LogP contribution >= 0.6 is 35.6 Å². The van der Waals surface area contributed by atoms with Gasteiger partial charge in [-0.05, 0) is 37.5 Å². The molecule has 1 saturated heterocycles. The fraction of sp³-hybridized carbons (Fsp3) is 0.533. The third kappa shape index (κ3) is 6.00. The number of benzene rings is 1. The van der Waals surface area contributed by atoms with Gasteiger partial charge in [-0.2, -0.15) is 0 Å². The van der Waals surface area contributed by atoms with Gasteiger partial charge in [0.05, 0.1) is 5.60 Å². The van der Waals surface area contributed by atoms with E-state index in [1.165, 1.54) is 5.56 Å². The Labute approximate surface area is 148 Å². The largest absolute Gasteiger partial charge is 0.373 e. The van der Waals surface area contributed by atoms with Crippen molar-refractivity contribution >= 4 is 41.5 Å². The van der Waals surface area contributed by atoms with Crippen LogP contribution in [0, 0.1) is 0 Å². The van der Waals surface area contributed by atoms with Gasteiger partial charge in [0.1, 0.15) is 0 Å². The molecule has 0 aliphatic carbocycles. The van der Waals surface area contributed by atoms with Crippen LogP contribution in [0.4, 0.5) is 0 Å². The Morgan fingerprint density at radius 3 is 2.62 bits per heavy atom. The fourth-order valence-electron chi connectivity index (χ4n) is 2.26. The molecule has 1 unspecified atom stereocenters. The predicted molar refractivity (Wildman–Crippen MR) is 98.7 cm³/mol. The van der Waals surface area contributed by atoms with E-state index in [0.29, 0.717) is 6.54 Å². The molecule has 4 nitrogen and oxygen atoms in total. The SMILES string of the molecule is CN=C(NCc1ccc(Cl)cc1)NCC1(C)CCCO1.I. The number of nitrogens with zero attached hydrogens (tertiary/aromatic N) is 1. The first-order valence-electron chi connectivity index (χ1n) is 6.94. The molecule has 0 spiro atoms. The quantitative estimate of drug-likeness (QED) is 0.444. The maximum atomic E-state index is 5.87. The Hall–Kier alpha value is -0.530. The van der Waals surface area contributed by atoms with Gasteiger partial charge >= 0.3 is 0 Å². The molecule has 0 radical (unpaired) electrons. The summed E-state index contributed by atoms with van der Waals surface area (Å²) >= 11 is 5.87. The van der Waals surface area contributed by atoms with Crippen LogP contribution in [-0.2, 0) is 11.3 Å². The minimum absolute atomic E-state index is 0. The van der Waals surface area contributed by atoms with Gasteiger partial charge in [0.25, 0.3) is 0 Å². The zero-order chi connectivity index (χ0) is 14.4. The van der Waals surface area contributed by atoms with Crippen LogP contribution in [0.2, 0.25) is 5.02 Å². The lowest BCUT2D eigenvalue weighted by Crippen LogP contribution is -2.45. The smallest absolute Gasteiger partial charge is 0.191 e. The number of halogens is 2. The van der Waals surface area contributed by atoms with Gasteiger partial charge in [-0.1, -0.05) is 23.7 Å². The molecule has 1 aromatic carbocycles. The van der Waals surface area contributed by atoms with Crippen molar-refractivity contribution in [3.8, 4) is 0 Å². The van der Waals surface area contributed by atoms with Crippen molar-refractivity contribution in [1.29, 1.82) is 0 Å². The maximum Gasteiger partial charge on any atom is 0.191 e. The van der Waals surface area contributed by atoms with Gasteiger partial charge in [-0.3, -0.25) is 4.99 Å². The van der Waals surface area contributed by atoms with Gasteiger partial charge in [-0.15, -0.1) is 24.0 Å². The molecule has 21 heavy (non-hydrogen) atoms. The first-order chi connectivity index (χ1) is 9.61. The molecule has 1 aliphatic rings. The lowest BCUT2D eigenvalue weighted by Gasteiger charge is -2.24. The molecule has 2 rings (SSSR count). The number of guanidine groups is 1. The van der Waals surface area contributed by atoms with Crippen molar-refractivity contribution in [1.82, 2.24) is 10.6 Å². The minimum atomic E-state index is -0.0715. The average molecular weight is 424 g/mol. The molecule has 0 aromatic heterocycles. The summed E-state index contributed by atoms with van der Waals surface area (Å²) in [4.78, 5) is 4.23. The molecule has 1 fully saturated rings. The van der Waals surface area contributed by atoms with E-state index in [2.05, 4.69) is 22.5 Å². The Bertz CT molecular complexity index is 458. The minimum Gasteiger partial charge on any atom is -0.373 e. The monoisotopic (exact) mass is 423 g/mol. The molecule has 1 aliphatic heterocycles. The highest BCUT2D eigenvalue weighted by Crippen LogP contribution is 2.23. The highest BCUT2D eigenvalue weighted by molar-refractivity contribution is 14.0. The van der Waals surface area contributed by atoms with E-state index in [9.17, 15) is 0 Å². The summed E-state index contributed by atoms with van der Waals surface area (Å²) in [6, 6.07) is 7.79. The molecule has 1 aromatic rings. The van der Waals surface area contributed by atoms with Crippen LogP contribution in [0.3, 0.4) is 0 Å². The Morgan fingerprint density at radius 1 is 1.33 bits per heavy atom. The molecule has 0 bridgehead atoms. The van der Waals surface area contributed by atoms with E-state index >= 15 is 0 Å². The second-order valence-electron chi connectivity index (χ2n) is 5.31. The molecular formula is C15H23ClIN3O. The van der Waals surface area contributed by atoms with Crippen molar-refractivity contribution in [2.24, 2.45) is 4.99 Å². The van der Waals surface area contributed by atoms with Crippen LogP contribution in [-0.4, -0.2) is 31.8 Å². The van der Waals surface area contributed by atoms with E-state index in [0.717, 1.165) is 37.0 Å². The lowest BCUT2D eigenvalue weighted by atomic mass is 10.0. The molecule has 0 amide bonds. The van der Waals surface area contributed by atoms with Gasteiger partial charge in [-0.25, -0.2) is 0 Å². The van der Waals surface area contributed by atoms with E-state index in [1.54, 1.807) is 7.05 Å². The normalized spacial score (nSPS) is 21.8. The Balaban J connectivity index is 0.00000220. The Kier molecular flexibility index (Phi) is 7.76. The second-order valence-corrected chi connectivity index (χ2v) is 5.74. The first-order valence-corrected chi connectivity index (χ1v) is 7.32. The van der Waals surface area contributed by atoms with Crippen molar-refractivity contribution < 1.29 is 4.74 Å². The lowest BCUT2D eigenvalue weighted by molar-refractivity contribution is 0.0243. The van der Waals surface area contributed by atoms with Crippen LogP contribution in [0.15, 0.2) is 29.3 Å². The summed E-state index contributed by atoms with van der Waals surface area (Å²) in [6.45, 7) is 4.48. The summed E-state index contributed by atoms with van der Waals surface area (Å²) in [5.41, 5.74) is 1.10. The second kappa shape index (κ2) is 8.80. The molecule has 6 heteroatoms. The van der Waals surface area contributed by atoms with E-state index in [1.807, 2.05) is 24.3 Å². The zero-order valence-corrected chi connectivity index (χ0v) is 15.6. The van der Waals surface area contributed by atoms with Crippen molar-refractivity contribution in [3.63, 3.8) is 0 Å². The number of aliphatic imine (C=N–C) groups is 1. The van der Waals surface area contributed by atoms with Gasteiger partial charge in [0.15, 0.2) is 5.96 Å². The number of hydrogen-bond acceptors (Lipinski definition) is 2. The highest BCUT2D eigenvalue weighted by atomic mass is 127. The third-order valence-electron chi connectivity index (χ3n) is 3.53. The van der Waals surface area contributed by atoms with Gasteiger partial charge < -0.3 is 15.4 Å². The van der Waals surface area contributed by atoms with E-state index in [4.69, 9.17) is 16.3 Å². The van der Waals surface area contributed by atoms with Crippen LogP contribution < -0.4 is 10.6 Å². The fourth-order valence-corrected chi connectivity index (χ4v) is 2.38. The predicted octanol–water partition coefficient (Wildman–Crippen LogP) is 3.19. The van der Waals surface area contributed by atoms with Gasteiger partial charge in [0, 0.05) is 31.8 Å². The molecule has 0 saturated carbocycles. The van der Waals surface area contributed by atoms with Crippen molar-refractivity contribution in [2.75, 3.05) is 20.2 Å². The van der Waals surface area contributed by atoms with Crippen molar-refractivity contribution in [2.45, 2.75) is 31.9 Å². The van der Waals surface area contributed by atoms with E-state index < -0.39 is 0 Å². The third-order valence-corrected chi connectivity index (χ3v) is 3.78. The van der Waals surface area contributed by atoms with Gasteiger partial charge in [0.2, 0.25) is 0 Å². The highest BCUT2D eigenvalue weighted by Gasteiger charge is 2.29. The van der Waals surface area contributed by atoms with Crippen LogP contribution in [0.1, 0.15) is 25.3 Å². The number of hydrogen-bond donors (Lipinski definition) is 2.